The first kappa shape index (κ1) is 82.8. The molecule has 532 valence electrons. The van der Waals surface area contributed by atoms with E-state index >= 15 is 0 Å². The number of carbonyl (C=O) groups excluding carboxylic acids is 1. The predicted octanol–water partition coefficient (Wildman–Crippen LogP) is 10.4. The minimum Gasteiger partial charge on any atom is -0.394 e. The lowest BCUT2D eigenvalue weighted by molar-refractivity contribution is -0.379. The van der Waals surface area contributed by atoms with Gasteiger partial charge in [0.25, 0.3) is 0 Å². The van der Waals surface area contributed by atoms with Gasteiger partial charge < -0.3 is 89.9 Å². The molecule has 19 heteroatoms. The van der Waals surface area contributed by atoms with Crippen LogP contribution >= 0.6 is 0 Å². The topological polar surface area (TPSA) is 307 Å². The summed E-state index contributed by atoms with van der Waals surface area (Å²) in [7, 11) is 0. The van der Waals surface area contributed by atoms with Gasteiger partial charge in [-0.25, -0.2) is 0 Å². The van der Waals surface area contributed by atoms with Crippen molar-refractivity contribution in [3.05, 3.63) is 12.2 Å². The summed E-state index contributed by atoms with van der Waals surface area (Å²) in [4.78, 5) is 13.4. The molecule has 90 heavy (non-hydrogen) atoms. The third-order valence-electron chi connectivity index (χ3n) is 18.8. The Morgan fingerprint density at radius 1 is 0.389 bits per heavy atom. The fraction of sp³-hybridized carbons (Fsp3) is 0.958. The number of hydrogen-bond acceptors (Lipinski definition) is 18. The Morgan fingerprint density at radius 2 is 0.700 bits per heavy atom. The number of aliphatic hydroxyl groups is 11. The van der Waals surface area contributed by atoms with Crippen LogP contribution in [0.5, 0.6) is 0 Å². The van der Waals surface area contributed by atoms with E-state index < -0.39 is 124 Å². The molecule has 17 atom stereocenters. The van der Waals surface area contributed by atoms with Gasteiger partial charge >= 0.3 is 0 Å². The summed E-state index contributed by atoms with van der Waals surface area (Å²) in [6.07, 6.45) is 33.1. The maximum atomic E-state index is 13.4. The molecule has 0 aromatic carbocycles. The Morgan fingerprint density at radius 3 is 1.08 bits per heavy atom. The third-order valence-corrected chi connectivity index (χ3v) is 18.8. The van der Waals surface area contributed by atoms with Crippen molar-refractivity contribution in [1.29, 1.82) is 0 Å². The second-order valence-electron chi connectivity index (χ2n) is 26.8. The lowest BCUT2D eigenvalue weighted by Crippen LogP contribution is -2.66. The summed E-state index contributed by atoms with van der Waals surface area (Å²) < 4.78 is 34.4. The average Bonchev–Trinajstić information content (AvgIpc) is 0.866. The number of hydrogen-bond donors (Lipinski definition) is 12. The summed E-state index contributed by atoms with van der Waals surface area (Å²) in [5.74, 6) is -0.247. The fourth-order valence-corrected chi connectivity index (χ4v) is 12.8. The summed E-state index contributed by atoms with van der Waals surface area (Å²) in [5.41, 5.74) is 0. The number of amides is 1. The quantitative estimate of drug-likeness (QED) is 0.0199. The van der Waals surface area contributed by atoms with E-state index in [2.05, 4.69) is 31.3 Å². The van der Waals surface area contributed by atoms with E-state index in [-0.39, 0.29) is 18.9 Å². The SMILES string of the molecule is CCCCCCCC/C=C\CCCCCCCC(=O)NC(COC1OC(CO)C(OC2OC(CO)C(OC3OC(CO)C(O)C(O)C3O)C(O)C2O)C(O)C1O)C(O)CCCCCCCCCCCCCCCCCCCCCCCCCCCCCCCC. The van der Waals surface area contributed by atoms with Crippen LogP contribution in [0.15, 0.2) is 12.2 Å². The predicted molar refractivity (Wildman–Crippen MR) is 351 cm³/mol. The Hall–Kier alpha value is -1.47. The van der Waals surface area contributed by atoms with E-state index in [4.69, 9.17) is 28.4 Å². The Labute approximate surface area is 544 Å². The highest BCUT2D eigenvalue weighted by molar-refractivity contribution is 5.76. The van der Waals surface area contributed by atoms with E-state index in [0.717, 1.165) is 64.2 Å². The first-order valence-corrected chi connectivity index (χ1v) is 36.9. The Balaban J connectivity index is 1.37. The van der Waals surface area contributed by atoms with Crippen LogP contribution in [0.3, 0.4) is 0 Å². The minimum absolute atomic E-state index is 0.247. The zero-order chi connectivity index (χ0) is 65.4. The van der Waals surface area contributed by atoms with Crippen LogP contribution < -0.4 is 5.32 Å². The monoisotopic (exact) mass is 1290 g/mol. The molecule has 17 unspecified atom stereocenters. The summed E-state index contributed by atoms with van der Waals surface area (Å²) in [5, 5.41) is 121. The number of nitrogens with one attached hydrogen (secondary N) is 1. The number of unbranched alkanes of at least 4 members (excludes halogenated alkanes) is 40. The molecule has 12 N–H and O–H groups in total. The zero-order valence-electron chi connectivity index (χ0n) is 56.4. The van der Waals surface area contributed by atoms with Gasteiger partial charge in [-0.2, -0.15) is 0 Å². The number of rotatable bonds is 58. The standard InChI is InChI=1S/C71H135NO18/c1-3-5-7-9-11-13-15-17-19-20-21-22-23-24-25-26-27-28-29-30-31-32-33-35-36-38-40-42-44-46-48-55(76)54(72-59(77)49-47-45-43-41-39-37-34-18-16-14-12-10-8-6-4-2)53-85-69-65(83)62(80)67(57(51-74)87-69)90-71-66(84)63(81)68(58(52-75)88-71)89-70-64(82)61(79)60(78)56(50-73)86-70/h18,34,54-58,60-71,73-76,78-84H,3-17,19-33,35-53H2,1-2H3,(H,72,77)/b34-18-. The molecular weight excluding hydrogens is 1150 g/mol. The van der Waals surface area contributed by atoms with Crippen LogP contribution in [0.2, 0.25) is 0 Å². The molecular formula is C71H135NO18. The van der Waals surface area contributed by atoms with Crippen molar-refractivity contribution in [3.63, 3.8) is 0 Å². The van der Waals surface area contributed by atoms with Crippen LogP contribution in [0.25, 0.3) is 0 Å². The van der Waals surface area contributed by atoms with E-state index in [1.807, 2.05) is 0 Å². The third kappa shape index (κ3) is 35.0. The molecule has 0 aliphatic carbocycles. The molecule has 3 aliphatic rings. The van der Waals surface area contributed by atoms with Crippen LogP contribution in [-0.2, 0) is 33.2 Å². The van der Waals surface area contributed by atoms with Crippen molar-refractivity contribution in [2.75, 3.05) is 26.4 Å². The molecule has 0 aromatic rings. The normalized spacial score (nSPS) is 28.0. The molecule has 3 heterocycles. The van der Waals surface area contributed by atoms with Crippen molar-refractivity contribution in [2.24, 2.45) is 0 Å². The first-order chi connectivity index (χ1) is 43.8. The number of aliphatic hydroxyl groups excluding tert-OH is 11. The lowest BCUT2D eigenvalue weighted by Gasteiger charge is -2.48. The van der Waals surface area contributed by atoms with E-state index in [1.54, 1.807) is 0 Å². The maximum absolute atomic E-state index is 13.4. The second-order valence-corrected chi connectivity index (χ2v) is 26.8. The second kappa shape index (κ2) is 53.6. The Kier molecular flexibility index (Phi) is 49.3. The lowest BCUT2D eigenvalue weighted by atomic mass is 9.96. The summed E-state index contributed by atoms with van der Waals surface area (Å²) in [6.45, 7) is 1.82. The molecule has 3 saturated heterocycles. The molecule has 19 nitrogen and oxygen atoms in total. The highest BCUT2D eigenvalue weighted by Gasteiger charge is 2.53. The van der Waals surface area contributed by atoms with Gasteiger partial charge in [0.1, 0.15) is 73.2 Å². The van der Waals surface area contributed by atoms with Gasteiger partial charge in [-0.15, -0.1) is 0 Å². The molecule has 0 bridgehead atoms. The summed E-state index contributed by atoms with van der Waals surface area (Å²) in [6, 6.07) is -0.889. The van der Waals surface area contributed by atoms with Gasteiger partial charge in [0, 0.05) is 6.42 Å². The van der Waals surface area contributed by atoms with Gasteiger partial charge in [-0.3, -0.25) is 4.79 Å². The van der Waals surface area contributed by atoms with Gasteiger partial charge in [0.15, 0.2) is 18.9 Å². The number of allylic oxidation sites excluding steroid dienone is 2. The van der Waals surface area contributed by atoms with E-state index in [9.17, 15) is 61.0 Å². The summed E-state index contributed by atoms with van der Waals surface area (Å²) >= 11 is 0. The molecule has 0 spiro atoms. The van der Waals surface area contributed by atoms with Gasteiger partial charge in [0.05, 0.1) is 38.6 Å². The van der Waals surface area contributed by atoms with Crippen LogP contribution in [-0.4, -0.2) is 193 Å². The zero-order valence-corrected chi connectivity index (χ0v) is 56.4. The molecule has 1 amide bonds. The highest BCUT2D eigenvalue weighted by Crippen LogP contribution is 2.33. The van der Waals surface area contributed by atoms with Gasteiger partial charge in [0.2, 0.25) is 5.91 Å². The van der Waals surface area contributed by atoms with Gasteiger partial charge in [-0.05, 0) is 38.5 Å². The highest BCUT2D eigenvalue weighted by atomic mass is 16.8. The van der Waals surface area contributed by atoms with E-state index in [1.165, 1.54) is 205 Å². The maximum Gasteiger partial charge on any atom is 0.220 e. The fourth-order valence-electron chi connectivity index (χ4n) is 12.8. The van der Waals surface area contributed by atoms with Crippen molar-refractivity contribution in [3.8, 4) is 0 Å². The molecule has 0 radical (unpaired) electrons. The molecule has 3 aliphatic heterocycles. The Bertz CT molecular complexity index is 1680. The van der Waals surface area contributed by atoms with Crippen molar-refractivity contribution in [1.82, 2.24) is 5.32 Å². The number of ether oxygens (including phenoxy) is 6. The molecule has 3 rings (SSSR count). The smallest absolute Gasteiger partial charge is 0.220 e. The largest absolute Gasteiger partial charge is 0.394 e. The molecule has 3 fully saturated rings. The minimum atomic E-state index is -1.97. The van der Waals surface area contributed by atoms with Crippen LogP contribution in [0, 0.1) is 0 Å². The molecule has 0 saturated carbocycles. The van der Waals surface area contributed by atoms with Crippen LogP contribution in [0.1, 0.15) is 303 Å². The number of carbonyl (C=O) groups is 1. The van der Waals surface area contributed by atoms with Crippen LogP contribution in [0.4, 0.5) is 0 Å². The van der Waals surface area contributed by atoms with Crippen molar-refractivity contribution < 1.29 is 89.4 Å². The average molecular weight is 1290 g/mol. The molecule has 0 aromatic heterocycles. The van der Waals surface area contributed by atoms with E-state index in [0.29, 0.717) is 12.8 Å². The van der Waals surface area contributed by atoms with Crippen molar-refractivity contribution in [2.45, 2.75) is 407 Å². The first-order valence-electron chi connectivity index (χ1n) is 36.9. The van der Waals surface area contributed by atoms with Gasteiger partial charge in [-0.1, -0.05) is 270 Å². The van der Waals surface area contributed by atoms with Crippen molar-refractivity contribution >= 4 is 5.91 Å².